The van der Waals surface area contributed by atoms with E-state index in [0.29, 0.717) is 0 Å². The maximum absolute atomic E-state index is 11.7. The maximum atomic E-state index is 11.7. The molecule has 5 aromatic rings. The summed E-state index contributed by atoms with van der Waals surface area (Å²) in [5.41, 5.74) is 5.61. The highest BCUT2D eigenvalue weighted by Gasteiger charge is 2.23. The predicted molar refractivity (Wildman–Crippen MR) is 133 cm³/mol. The van der Waals surface area contributed by atoms with Gasteiger partial charge >= 0.3 is 0 Å². The molecule has 5 rings (SSSR count). The quantitative estimate of drug-likeness (QED) is 0.328. The van der Waals surface area contributed by atoms with E-state index in [1.807, 2.05) is 36.4 Å². The van der Waals surface area contributed by atoms with Crippen molar-refractivity contribution in [2.75, 3.05) is 7.11 Å². The first kappa shape index (κ1) is 20.2. The summed E-state index contributed by atoms with van der Waals surface area (Å²) >= 11 is 0. The first-order chi connectivity index (χ1) is 15.4. The number of ether oxygens (including phenoxy) is 1. The van der Waals surface area contributed by atoms with Crippen LogP contribution < -0.4 is 4.74 Å². The lowest BCUT2D eigenvalue weighted by Gasteiger charge is -2.24. The molecular weight excluding hydrogens is 394 g/mol. The fraction of sp³-hybridized carbons (Fsp3) is 0.172. The minimum atomic E-state index is -0.0992. The number of hydrogen-bond acceptors (Lipinski definition) is 2. The maximum Gasteiger partial charge on any atom is 0.147 e. The van der Waals surface area contributed by atoms with Crippen LogP contribution >= 0.6 is 0 Å². The number of hydrogen-bond donors (Lipinski definition) is 1. The summed E-state index contributed by atoms with van der Waals surface area (Å²) < 4.78 is 7.81. The van der Waals surface area contributed by atoms with Crippen LogP contribution in [0.1, 0.15) is 26.3 Å². The van der Waals surface area contributed by atoms with E-state index in [1.54, 1.807) is 7.11 Å². The van der Waals surface area contributed by atoms with Crippen molar-refractivity contribution in [2.24, 2.45) is 0 Å². The smallest absolute Gasteiger partial charge is 0.147 e. The average Bonchev–Trinajstić information content (AvgIpc) is 3.13. The Labute approximate surface area is 188 Å². The molecule has 1 aromatic heterocycles. The van der Waals surface area contributed by atoms with Crippen LogP contribution in [0, 0.1) is 0 Å². The molecule has 0 fully saturated rings. The second kappa shape index (κ2) is 7.45. The zero-order chi connectivity index (χ0) is 22.5. The van der Waals surface area contributed by atoms with Crippen molar-refractivity contribution in [1.82, 2.24) is 4.57 Å². The van der Waals surface area contributed by atoms with Crippen molar-refractivity contribution in [3.8, 4) is 28.3 Å². The number of para-hydroxylation sites is 3. The molecule has 0 spiro atoms. The first-order valence-corrected chi connectivity index (χ1v) is 10.9. The molecule has 0 unspecified atom stereocenters. The van der Waals surface area contributed by atoms with Gasteiger partial charge < -0.3 is 14.4 Å². The van der Waals surface area contributed by atoms with Gasteiger partial charge in [0.15, 0.2) is 0 Å². The second-order valence-corrected chi connectivity index (χ2v) is 9.21. The monoisotopic (exact) mass is 421 g/mol. The summed E-state index contributed by atoms with van der Waals surface area (Å²) in [6.45, 7) is 6.59. The Balaban J connectivity index is 1.92. The molecule has 0 aliphatic heterocycles. The minimum Gasteiger partial charge on any atom is -0.505 e. The number of methoxy groups -OCH3 is 1. The first-order valence-electron chi connectivity index (χ1n) is 10.9. The van der Waals surface area contributed by atoms with Gasteiger partial charge in [-0.05, 0) is 41.3 Å². The number of fused-ring (bicyclic) bond motifs is 3. The largest absolute Gasteiger partial charge is 0.505 e. The molecule has 3 heteroatoms. The lowest BCUT2D eigenvalue weighted by atomic mass is 9.84. The number of rotatable bonds is 3. The van der Waals surface area contributed by atoms with E-state index in [4.69, 9.17) is 4.74 Å². The van der Waals surface area contributed by atoms with Gasteiger partial charge in [-0.25, -0.2) is 0 Å². The summed E-state index contributed by atoms with van der Waals surface area (Å²) in [6, 6.07) is 28.8. The van der Waals surface area contributed by atoms with Gasteiger partial charge in [0.1, 0.15) is 11.5 Å². The molecule has 1 N–H and O–H groups in total. The van der Waals surface area contributed by atoms with Crippen LogP contribution in [0.5, 0.6) is 11.5 Å². The highest BCUT2D eigenvalue weighted by atomic mass is 16.5. The Morgan fingerprint density at radius 2 is 1.28 bits per heavy atom. The van der Waals surface area contributed by atoms with Crippen LogP contribution in [0.25, 0.3) is 38.6 Å². The third-order valence-electron chi connectivity index (χ3n) is 6.17. The van der Waals surface area contributed by atoms with E-state index >= 15 is 0 Å². The third kappa shape index (κ3) is 3.13. The summed E-state index contributed by atoms with van der Waals surface area (Å²) in [4.78, 5) is 0. The Hall–Kier alpha value is -3.72. The average molecular weight is 422 g/mol. The van der Waals surface area contributed by atoms with Crippen LogP contribution in [0.4, 0.5) is 0 Å². The summed E-state index contributed by atoms with van der Waals surface area (Å²) in [5.74, 6) is 0.982. The van der Waals surface area contributed by atoms with Gasteiger partial charge in [-0.3, -0.25) is 0 Å². The van der Waals surface area contributed by atoms with Crippen molar-refractivity contribution < 1.29 is 9.84 Å². The fourth-order valence-electron chi connectivity index (χ4n) is 4.48. The zero-order valence-electron chi connectivity index (χ0n) is 18.9. The summed E-state index contributed by atoms with van der Waals surface area (Å²) in [7, 11) is 1.66. The van der Waals surface area contributed by atoms with E-state index in [-0.39, 0.29) is 11.2 Å². The minimum absolute atomic E-state index is 0.0992. The molecule has 32 heavy (non-hydrogen) atoms. The lowest BCUT2D eigenvalue weighted by molar-refractivity contribution is 0.415. The summed E-state index contributed by atoms with van der Waals surface area (Å²) in [6.07, 6.45) is 0. The van der Waals surface area contributed by atoms with Gasteiger partial charge in [0, 0.05) is 21.9 Å². The Bertz CT molecular complexity index is 1400. The SMILES string of the molecule is COc1ccccc1-c1cc(C(C)(C)C)cc(-n2c3ccccc3c3ccccc32)c1O. The van der Waals surface area contributed by atoms with Crippen molar-refractivity contribution in [3.05, 3.63) is 90.5 Å². The number of phenols is 1. The number of phenolic OH excluding ortho intramolecular Hbond substituents is 1. The number of aromatic hydroxyl groups is 1. The molecule has 160 valence electrons. The fourth-order valence-corrected chi connectivity index (χ4v) is 4.48. The summed E-state index contributed by atoms with van der Waals surface area (Å²) in [5, 5.41) is 14.0. The van der Waals surface area contributed by atoms with Crippen molar-refractivity contribution >= 4 is 21.8 Å². The second-order valence-electron chi connectivity index (χ2n) is 9.21. The van der Waals surface area contributed by atoms with Gasteiger partial charge in [0.05, 0.1) is 23.8 Å². The molecule has 3 nitrogen and oxygen atoms in total. The highest BCUT2D eigenvalue weighted by molar-refractivity contribution is 6.09. The molecule has 4 aromatic carbocycles. The van der Waals surface area contributed by atoms with Crippen LogP contribution in [-0.2, 0) is 5.41 Å². The van der Waals surface area contributed by atoms with E-state index in [2.05, 4.69) is 73.9 Å². The third-order valence-corrected chi connectivity index (χ3v) is 6.17. The van der Waals surface area contributed by atoms with Crippen molar-refractivity contribution in [2.45, 2.75) is 26.2 Å². The van der Waals surface area contributed by atoms with E-state index in [0.717, 1.165) is 39.2 Å². The predicted octanol–water partition coefficient (Wildman–Crippen LogP) is 7.46. The Kier molecular flexibility index (Phi) is 4.70. The molecule has 0 saturated carbocycles. The van der Waals surface area contributed by atoms with Gasteiger partial charge in [-0.1, -0.05) is 75.4 Å². The van der Waals surface area contributed by atoms with Gasteiger partial charge in [0.2, 0.25) is 0 Å². The number of aromatic nitrogens is 1. The van der Waals surface area contributed by atoms with E-state index in [1.165, 1.54) is 10.8 Å². The van der Waals surface area contributed by atoms with Gasteiger partial charge in [-0.15, -0.1) is 0 Å². The van der Waals surface area contributed by atoms with Gasteiger partial charge in [0.25, 0.3) is 0 Å². The molecule has 0 saturated heterocycles. The topological polar surface area (TPSA) is 34.4 Å². The standard InChI is InChI=1S/C29H27NO2/c1-29(2,3)19-17-23(22-13-7-10-16-27(22)32-4)28(31)26(18-19)30-24-14-8-5-11-20(24)21-12-6-9-15-25(21)30/h5-18,31H,1-4H3. The van der Waals surface area contributed by atoms with Crippen LogP contribution in [0.3, 0.4) is 0 Å². The highest BCUT2D eigenvalue weighted by Crippen LogP contribution is 2.44. The van der Waals surface area contributed by atoms with Crippen LogP contribution in [-0.4, -0.2) is 16.8 Å². The Morgan fingerprint density at radius 3 is 1.88 bits per heavy atom. The van der Waals surface area contributed by atoms with E-state index < -0.39 is 0 Å². The number of nitrogens with zero attached hydrogens (tertiary/aromatic N) is 1. The lowest BCUT2D eigenvalue weighted by Crippen LogP contribution is -2.12. The molecule has 0 bridgehead atoms. The normalized spacial score (nSPS) is 11.9. The van der Waals surface area contributed by atoms with Crippen LogP contribution in [0.15, 0.2) is 84.9 Å². The van der Waals surface area contributed by atoms with Crippen molar-refractivity contribution in [1.29, 1.82) is 0 Å². The van der Waals surface area contributed by atoms with E-state index in [9.17, 15) is 5.11 Å². The molecule has 0 aliphatic carbocycles. The molecule has 0 radical (unpaired) electrons. The van der Waals surface area contributed by atoms with Crippen molar-refractivity contribution in [3.63, 3.8) is 0 Å². The molecule has 0 atom stereocenters. The molecular formula is C29H27NO2. The molecule has 1 heterocycles. The Morgan fingerprint density at radius 1 is 0.719 bits per heavy atom. The number of benzene rings is 4. The molecule has 0 aliphatic rings. The van der Waals surface area contributed by atoms with Crippen LogP contribution in [0.2, 0.25) is 0 Å². The molecule has 0 amide bonds. The van der Waals surface area contributed by atoms with Gasteiger partial charge in [-0.2, -0.15) is 0 Å². The zero-order valence-corrected chi connectivity index (χ0v) is 18.9.